The molecular weight excluding hydrogens is 308 g/mol. The lowest BCUT2D eigenvalue weighted by atomic mass is 10.1. The predicted octanol–water partition coefficient (Wildman–Crippen LogP) is 3.63. The smallest absolute Gasteiger partial charge is 0.0619 e. The molecule has 0 saturated carbocycles. The van der Waals surface area contributed by atoms with Crippen LogP contribution in [0.3, 0.4) is 0 Å². The van der Waals surface area contributed by atoms with Crippen LogP contribution >= 0.6 is 0 Å². The molecule has 1 aliphatic heterocycles. The van der Waals surface area contributed by atoms with Crippen molar-refractivity contribution in [1.82, 2.24) is 10.2 Å². The molecule has 0 aromatic heterocycles. The first-order valence-corrected chi connectivity index (χ1v) is 9.40. The van der Waals surface area contributed by atoms with E-state index >= 15 is 0 Å². The Labute approximate surface area is 152 Å². The fourth-order valence-corrected chi connectivity index (χ4v) is 3.51. The highest BCUT2D eigenvalue weighted by Crippen LogP contribution is 2.13. The topological polar surface area (TPSA) is 24.5 Å². The lowest BCUT2D eigenvalue weighted by Crippen LogP contribution is -2.34. The van der Waals surface area contributed by atoms with Crippen molar-refractivity contribution >= 4 is 0 Å². The third-order valence-corrected chi connectivity index (χ3v) is 4.92. The molecule has 0 spiro atoms. The molecule has 0 aliphatic carbocycles. The van der Waals surface area contributed by atoms with Gasteiger partial charge < -0.3 is 10.1 Å². The number of benzene rings is 2. The third-order valence-electron chi connectivity index (χ3n) is 4.92. The van der Waals surface area contributed by atoms with Gasteiger partial charge in [-0.3, -0.25) is 4.90 Å². The first-order valence-electron chi connectivity index (χ1n) is 9.40. The molecule has 0 radical (unpaired) electrons. The van der Waals surface area contributed by atoms with E-state index in [-0.39, 0.29) is 0 Å². The Morgan fingerprint density at radius 3 is 2.28 bits per heavy atom. The molecule has 1 saturated heterocycles. The molecule has 3 heteroatoms. The van der Waals surface area contributed by atoms with Crippen molar-refractivity contribution in [3.63, 3.8) is 0 Å². The summed E-state index contributed by atoms with van der Waals surface area (Å²) in [4.78, 5) is 2.54. The maximum atomic E-state index is 5.39. The van der Waals surface area contributed by atoms with Gasteiger partial charge in [0.05, 0.1) is 6.61 Å². The van der Waals surface area contributed by atoms with Gasteiger partial charge in [0.2, 0.25) is 0 Å². The van der Waals surface area contributed by atoms with Crippen molar-refractivity contribution in [2.45, 2.75) is 38.4 Å². The minimum atomic E-state index is 0.330. The van der Waals surface area contributed by atoms with Gasteiger partial charge in [-0.1, -0.05) is 54.6 Å². The predicted molar refractivity (Wildman–Crippen MR) is 104 cm³/mol. The highest BCUT2D eigenvalue weighted by Gasteiger charge is 2.12. The molecule has 3 nitrogen and oxygen atoms in total. The fraction of sp³-hybridized carbons (Fsp3) is 0.455. The van der Waals surface area contributed by atoms with Gasteiger partial charge in [0.15, 0.2) is 0 Å². The summed E-state index contributed by atoms with van der Waals surface area (Å²) in [6, 6.07) is 20.0. The monoisotopic (exact) mass is 338 g/mol. The van der Waals surface area contributed by atoms with Crippen LogP contribution in [0.15, 0.2) is 54.6 Å². The van der Waals surface area contributed by atoms with E-state index in [1.165, 1.54) is 42.6 Å². The van der Waals surface area contributed by atoms with Crippen LogP contribution < -0.4 is 5.32 Å². The number of rotatable bonds is 9. The van der Waals surface area contributed by atoms with E-state index in [0.717, 1.165) is 26.1 Å². The van der Waals surface area contributed by atoms with Crippen molar-refractivity contribution in [3.8, 4) is 0 Å². The number of nitrogens with zero attached hydrogens (tertiary/aromatic N) is 1. The van der Waals surface area contributed by atoms with E-state index in [0.29, 0.717) is 6.04 Å². The van der Waals surface area contributed by atoms with Gasteiger partial charge in [0, 0.05) is 26.2 Å². The van der Waals surface area contributed by atoms with E-state index in [4.69, 9.17) is 4.74 Å². The summed E-state index contributed by atoms with van der Waals surface area (Å²) in [7, 11) is 1.77. The second kappa shape index (κ2) is 9.71. The van der Waals surface area contributed by atoms with Gasteiger partial charge >= 0.3 is 0 Å². The molecule has 1 unspecified atom stereocenters. The second-order valence-electron chi connectivity index (χ2n) is 7.02. The minimum absolute atomic E-state index is 0.330. The first-order chi connectivity index (χ1) is 12.3. The van der Waals surface area contributed by atoms with Crippen molar-refractivity contribution in [2.24, 2.45) is 0 Å². The lowest BCUT2D eigenvalue weighted by Gasteiger charge is -2.19. The lowest BCUT2D eigenvalue weighted by molar-refractivity contribution is 0.165. The summed E-state index contributed by atoms with van der Waals surface area (Å²) in [5, 5.41) is 3.64. The van der Waals surface area contributed by atoms with Crippen molar-refractivity contribution in [2.75, 3.05) is 26.8 Å². The maximum Gasteiger partial charge on any atom is 0.0619 e. The van der Waals surface area contributed by atoms with Crippen LogP contribution in [0.5, 0.6) is 0 Å². The van der Waals surface area contributed by atoms with E-state index < -0.39 is 0 Å². The molecule has 0 bridgehead atoms. The second-order valence-corrected chi connectivity index (χ2v) is 7.02. The van der Waals surface area contributed by atoms with Gasteiger partial charge in [0.1, 0.15) is 0 Å². The van der Waals surface area contributed by atoms with Crippen LogP contribution in [0, 0.1) is 0 Å². The van der Waals surface area contributed by atoms with E-state index in [2.05, 4.69) is 64.8 Å². The number of hydrogen-bond donors (Lipinski definition) is 1. The van der Waals surface area contributed by atoms with Crippen molar-refractivity contribution in [3.05, 3.63) is 71.3 Å². The summed E-state index contributed by atoms with van der Waals surface area (Å²) >= 11 is 0. The van der Waals surface area contributed by atoms with Crippen LogP contribution in [0.4, 0.5) is 0 Å². The van der Waals surface area contributed by atoms with Crippen LogP contribution in [-0.2, 0) is 24.2 Å². The van der Waals surface area contributed by atoms with E-state index in [9.17, 15) is 0 Å². The normalized spacial score (nSPS) is 16.2. The number of methoxy groups -OCH3 is 1. The molecular formula is C22H30N2O. The molecule has 1 fully saturated rings. The Morgan fingerprint density at radius 1 is 0.920 bits per heavy atom. The summed E-state index contributed by atoms with van der Waals surface area (Å²) < 4.78 is 5.39. The van der Waals surface area contributed by atoms with E-state index in [1.807, 2.05) is 0 Å². The first kappa shape index (κ1) is 18.1. The van der Waals surface area contributed by atoms with Crippen LogP contribution in [0.1, 0.15) is 29.5 Å². The Hall–Kier alpha value is -1.68. The average Bonchev–Trinajstić information content (AvgIpc) is 3.15. The standard InChI is InChI=1S/C22H30N2O/c1-25-18-22(15-19-7-3-2-4-8-19)23-16-20-9-11-21(12-10-20)17-24-13-5-6-14-24/h2-4,7-12,22-23H,5-6,13-18H2,1H3. The Balaban J connectivity index is 1.49. The van der Waals surface area contributed by atoms with Crippen LogP contribution in [-0.4, -0.2) is 37.7 Å². The zero-order chi connectivity index (χ0) is 17.3. The molecule has 1 heterocycles. The minimum Gasteiger partial charge on any atom is -0.383 e. The highest BCUT2D eigenvalue weighted by molar-refractivity contribution is 5.23. The number of ether oxygens (including phenoxy) is 1. The largest absolute Gasteiger partial charge is 0.383 e. The van der Waals surface area contributed by atoms with Gasteiger partial charge in [-0.05, 0) is 49.0 Å². The van der Waals surface area contributed by atoms with E-state index in [1.54, 1.807) is 7.11 Å². The summed E-state index contributed by atoms with van der Waals surface area (Å²) in [6.45, 7) is 5.20. The molecule has 2 aromatic rings. The van der Waals surface area contributed by atoms with Crippen LogP contribution in [0.2, 0.25) is 0 Å². The summed E-state index contributed by atoms with van der Waals surface area (Å²) in [6.07, 6.45) is 3.69. The highest BCUT2D eigenvalue weighted by atomic mass is 16.5. The van der Waals surface area contributed by atoms with Gasteiger partial charge in [-0.25, -0.2) is 0 Å². The Kier molecular flexibility index (Phi) is 7.04. The van der Waals surface area contributed by atoms with Gasteiger partial charge in [-0.15, -0.1) is 0 Å². The molecule has 3 rings (SSSR count). The summed E-state index contributed by atoms with van der Waals surface area (Å²) in [5.74, 6) is 0. The quantitative estimate of drug-likeness (QED) is 0.756. The SMILES string of the molecule is COCC(Cc1ccccc1)NCc1ccc(CN2CCCC2)cc1. The van der Waals surface area contributed by atoms with Crippen molar-refractivity contribution < 1.29 is 4.74 Å². The molecule has 1 N–H and O–H groups in total. The Bertz CT molecular complexity index is 606. The van der Waals surface area contributed by atoms with Gasteiger partial charge in [0.25, 0.3) is 0 Å². The molecule has 134 valence electrons. The van der Waals surface area contributed by atoms with Crippen molar-refractivity contribution in [1.29, 1.82) is 0 Å². The molecule has 0 amide bonds. The van der Waals surface area contributed by atoms with Crippen LogP contribution in [0.25, 0.3) is 0 Å². The molecule has 2 aromatic carbocycles. The van der Waals surface area contributed by atoms with Gasteiger partial charge in [-0.2, -0.15) is 0 Å². The number of hydrogen-bond acceptors (Lipinski definition) is 3. The average molecular weight is 338 g/mol. The zero-order valence-electron chi connectivity index (χ0n) is 15.3. The Morgan fingerprint density at radius 2 is 1.60 bits per heavy atom. The fourth-order valence-electron chi connectivity index (χ4n) is 3.51. The molecule has 25 heavy (non-hydrogen) atoms. The number of likely N-dealkylation sites (tertiary alicyclic amines) is 1. The summed E-state index contributed by atoms with van der Waals surface area (Å²) in [5.41, 5.74) is 4.10. The number of nitrogens with one attached hydrogen (secondary N) is 1. The maximum absolute atomic E-state index is 5.39. The molecule has 1 aliphatic rings. The third kappa shape index (κ3) is 5.96. The molecule has 1 atom stereocenters. The zero-order valence-corrected chi connectivity index (χ0v) is 15.3.